The minimum absolute atomic E-state index is 0.00367. The predicted molar refractivity (Wildman–Crippen MR) is 72.0 cm³/mol. The van der Waals surface area contributed by atoms with Crippen molar-refractivity contribution >= 4 is 11.5 Å². The number of carbonyl (C=O) groups is 1. The molecule has 1 aliphatic rings. The highest BCUT2D eigenvalue weighted by atomic mass is 19.4. The molecule has 2 nitrogen and oxygen atoms in total. The maximum atomic E-state index is 12.8. The first-order valence-electron chi connectivity index (χ1n) is 6.67. The summed E-state index contributed by atoms with van der Waals surface area (Å²) >= 11 is 0. The van der Waals surface area contributed by atoms with Crippen LogP contribution in [0, 0.1) is 0 Å². The van der Waals surface area contributed by atoms with Gasteiger partial charge in [0.2, 0.25) is 0 Å². The highest BCUT2D eigenvalue weighted by molar-refractivity contribution is 5.78. The van der Waals surface area contributed by atoms with Crippen LogP contribution in [0.1, 0.15) is 44.2 Å². The van der Waals surface area contributed by atoms with Gasteiger partial charge in [0, 0.05) is 30.6 Å². The van der Waals surface area contributed by atoms with Gasteiger partial charge in [-0.15, -0.1) is 0 Å². The smallest absolute Gasteiger partial charge is 0.368 e. The summed E-state index contributed by atoms with van der Waals surface area (Å²) in [4.78, 5) is 13.4. The predicted octanol–water partition coefficient (Wildman–Crippen LogP) is 4.00. The molecule has 0 radical (unpaired) electrons. The molecule has 5 heteroatoms. The zero-order valence-corrected chi connectivity index (χ0v) is 11.8. The molecule has 0 aliphatic carbocycles. The highest BCUT2D eigenvalue weighted by Gasteiger charge is 2.36. The number of alkyl halides is 3. The number of nitrogens with zero attached hydrogens (tertiary/aromatic N) is 1. The topological polar surface area (TPSA) is 20.3 Å². The Kier molecular flexibility index (Phi) is 3.80. The lowest BCUT2D eigenvalue weighted by molar-refractivity contribution is -0.137. The first-order valence-corrected chi connectivity index (χ1v) is 6.67. The molecule has 20 heavy (non-hydrogen) atoms. The van der Waals surface area contributed by atoms with Crippen molar-refractivity contribution in [3.05, 3.63) is 29.3 Å². The Morgan fingerprint density at radius 1 is 1.40 bits per heavy atom. The van der Waals surface area contributed by atoms with Gasteiger partial charge >= 0.3 is 6.18 Å². The van der Waals surface area contributed by atoms with Gasteiger partial charge in [0.05, 0.1) is 5.56 Å². The van der Waals surface area contributed by atoms with Gasteiger partial charge < -0.3 is 9.69 Å². The minimum atomic E-state index is -4.35. The quantitative estimate of drug-likeness (QED) is 0.836. The van der Waals surface area contributed by atoms with Crippen molar-refractivity contribution < 1.29 is 18.0 Å². The normalized spacial score (nSPS) is 18.6. The summed E-state index contributed by atoms with van der Waals surface area (Å²) < 4.78 is 38.5. The second-order valence-electron chi connectivity index (χ2n) is 5.62. The summed E-state index contributed by atoms with van der Waals surface area (Å²) in [6.07, 6.45) is -4.06. The number of hydrogen-bond acceptors (Lipinski definition) is 2. The monoisotopic (exact) mass is 285 g/mol. The maximum absolute atomic E-state index is 12.8. The van der Waals surface area contributed by atoms with Crippen LogP contribution in [0.5, 0.6) is 0 Å². The summed E-state index contributed by atoms with van der Waals surface area (Å²) in [5.74, 6) is -0.142. The Balaban J connectivity index is 2.44. The third-order valence-corrected chi connectivity index (χ3v) is 3.68. The van der Waals surface area contributed by atoms with Gasteiger partial charge in [0.25, 0.3) is 0 Å². The zero-order chi connectivity index (χ0) is 15.1. The van der Waals surface area contributed by atoms with Crippen LogP contribution in [0.3, 0.4) is 0 Å². The van der Waals surface area contributed by atoms with Crippen LogP contribution in [0.2, 0.25) is 0 Å². The van der Waals surface area contributed by atoms with Gasteiger partial charge in [0.15, 0.2) is 0 Å². The highest BCUT2D eigenvalue weighted by Crippen LogP contribution is 2.42. The first kappa shape index (κ1) is 14.9. The Hall–Kier alpha value is -1.52. The summed E-state index contributed by atoms with van der Waals surface area (Å²) in [6.45, 7) is 6.08. The van der Waals surface area contributed by atoms with Crippen LogP contribution in [-0.4, -0.2) is 18.4 Å². The molecule has 0 bridgehead atoms. The van der Waals surface area contributed by atoms with Crippen molar-refractivity contribution in [1.29, 1.82) is 0 Å². The number of Topliss-reactive ketones (excluding diaryl/α,β-unsaturated/α-hetero) is 1. The van der Waals surface area contributed by atoms with Crippen LogP contribution in [0.25, 0.3) is 0 Å². The zero-order valence-electron chi connectivity index (χ0n) is 11.8. The molecule has 1 atom stereocenters. The van der Waals surface area contributed by atoms with E-state index >= 15 is 0 Å². The number of ketones is 1. The van der Waals surface area contributed by atoms with Crippen molar-refractivity contribution in [2.24, 2.45) is 0 Å². The molecule has 1 aliphatic heterocycles. The van der Waals surface area contributed by atoms with E-state index in [0.717, 1.165) is 11.8 Å². The van der Waals surface area contributed by atoms with Crippen LogP contribution < -0.4 is 4.90 Å². The number of benzene rings is 1. The minimum Gasteiger partial charge on any atom is -0.368 e. The molecule has 0 aromatic heterocycles. The maximum Gasteiger partial charge on any atom is 0.416 e. The van der Waals surface area contributed by atoms with Crippen LogP contribution in [-0.2, 0) is 11.0 Å². The molecule has 1 unspecified atom stereocenters. The number of halogens is 3. The van der Waals surface area contributed by atoms with Crippen LogP contribution in [0.15, 0.2) is 18.2 Å². The Morgan fingerprint density at radius 2 is 2.05 bits per heavy atom. The van der Waals surface area contributed by atoms with E-state index in [4.69, 9.17) is 0 Å². The van der Waals surface area contributed by atoms with E-state index in [1.807, 2.05) is 13.8 Å². The van der Waals surface area contributed by atoms with Crippen molar-refractivity contribution in [2.45, 2.75) is 45.3 Å². The third-order valence-electron chi connectivity index (χ3n) is 3.68. The molecule has 0 fully saturated rings. The number of hydrogen-bond donors (Lipinski definition) is 0. The van der Waals surface area contributed by atoms with Crippen molar-refractivity contribution in [3.63, 3.8) is 0 Å². The summed E-state index contributed by atoms with van der Waals surface area (Å²) in [7, 11) is 0. The standard InChI is InChI=1S/C15H18F3NO/c1-9(2)19-8-11(6-10(3)20)13-7-12(15(16,17)18)4-5-14(13)19/h4-5,7,9,11H,6,8H2,1-3H3. The van der Waals surface area contributed by atoms with E-state index < -0.39 is 11.7 Å². The second-order valence-corrected chi connectivity index (χ2v) is 5.62. The first-order chi connectivity index (χ1) is 9.20. The van der Waals surface area contributed by atoms with Crippen molar-refractivity contribution in [1.82, 2.24) is 0 Å². The molecular weight excluding hydrogens is 267 g/mol. The van der Waals surface area contributed by atoms with E-state index in [1.54, 1.807) is 0 Å². The lowest BCUT2D eigenvalue weighted by Gasteiger charge is -2.24. The Bertz CT molecular complexity index is 522. The molecule has 2 rings (SSSR count). The van der Waals surface area contributed by atoms with Crippen LogP contribution in [0.4, 0.5) is 18.9 Å². The van der Waals surface area contributed by atoms with Crippen molar-refractivity contribution in [2.75, 3.05) is 11.4 Å². The Morgan fingerprint density at radius 3 is 2.55 bits per heavy atom. The fourth-order valence-electron chi connectivity index (χ4n) is 2.76. The summed E-state index contributed by atoms with van der Waals surface area (Å²) in [5, 5.41) is 0. The average molecular weight is 285 g/mol. The number of rotatable bonds is 3. The van der Waals surface area contributed by atoms with Crippen molar-refractivity contribution in [3.8, 4) is 0 Å². The van der Waals surface area contributed by atoms with Gasteiger partial charge in [-0.2, -0.15) is 13.2 Å². The SMILES string of the molecule is CC(=O)CC1CN(C(C)C)c2ccc(C(F)(F)F)cc21. The molecule has 0 saturated carbocycles. The second kappa shape index (κ2) is 5.11. The van der Waals surface area contributed by atoms with Gasteiger partial charge in [-0.3, -0.25) is 0 Å². The van der Waals surface area contributed by atoms with Gasteiger partial charge in [-0.05, 0) is 44.5 Å². The number of anilines is 1. The number of carbonyl (C=O) groups excluding carboxylic acids is 1. The van der Waals surface area contributed by atoms with E-state index in [9.17, 15) is 18.0 Å². The van der Waals surface area contributed by atoms with Gasteiger partial charge in [-0.25, -0.2) is 0 Å². The third kappa shape index (κ3) is 2.81. The molecule has 0 amide bonds. The average Bonchev–Trinajstić information content (AvgIpc) is 2.66. The molecule has 0 saturated heterocycles. The lowest BCUT2D eigenvalue weighted by atomic mass is 9.94. The molecule has 1 heterocycles. The summed E-state index contributed by atoms with van der Waals surface area (Å²) in [6, 6.07) is 4.04. The Labute approximate surface area is 116 Å². The fourth-order valence-corrected chi connectivity index (χ4v) is 2.76. The van der Waals surface area contributed by atoms with Gasteiger partial charge in [0.1, 0.15) is 5.78 Å². The molecular formula is C15H18F3NO. The fraction of sp³-hybridized carbons (Fsp3) is 0.533. The molecule has 1 aromatic rings. The summed E-state index contributed by atoms with van der Waals surface area (Å²) in [5.41, 5.74) is 0.818. The van der Waals surface area contributed by atoms with E-state index in [1.165, 1.54) is 19.1 Å². The van der Waals surface area contributed by atoms with E-state index in [-0.39, 0.29) is 24.2 Å². The molecule has 1 aromatic carbocycles. The number of fused-ring (bicyclic) bond motifs is 1. The molecule has 110 valence electrons. The van der Waals surface area contributed by atoms with Crippen LogP contribution >= 0.6 is 0 Å². The molecule has 0 N–H and O–H groups in total. The van der Waals surface area contributed by atoms with E-state index in [2.05, 4.69) is 4.90 Å². The van der Waals surface area contributed by atoms with Gasteiger partial charge in [-0.1, -0.05) is 0 Å². The molecule has 0 spiro atoms. The lowest BCUT2D eigenvalue weighted by Crippen LogP contribution is -2.29. The van der Waals surface area contributed by atoms with E-state index in [0.29, 0.717) is 12.1 Å². The largest absolute Gasteiger partial charge is 0.416 e.